The SMILES string of the molecule is CCOCC1(CN2CCC(F)C2)CC1. The number of hydrogen-bond acceptors (Lipinski definition) is 2. The molecule has 2 aliphatic rings. The lowest BCUT2D eigenvalue weighted by atomic mass is 10.1. The van der Waals surface area contributed by atoms with Gasteiger partial charge in [-0.1, -0.05) is 0 Å². The zero-order valence-corrected chi connectivity index (χ0v) is 8.97. The van der Waals surface area contributed by atoms with E-state index < -0.39 is 6.17 Å². The molecule has 0 radical (unpaired) electrons. The number of likely N-dealkylation sites (tertiary alicyclic amines) is 1. The Morgan fingerprint density at radius 1 is 1.50 bits per heavy atom. The molecule has 1 heterocycles. The fraction of sp³-hybridized carbons (Fsp3) is 1.00. The Morgan fingerprint density at radius 3 is 2.79 bits per heavy atom. The van der Waals surface area contributed by atoms with Crippen molar-refractivity contribution in [1.82, 2.24) is 4.90 Å². The Morgan fingerprint density at radius 2 is 2.29 bits per heavy atom. The van der Waals surface area contributed by atoms with E-state index in [4.69, 9.17) is 4.74 Å². The molecule has 2 fully saturated rings. The van der Waals surface area contributed by atoms with Crippen molar-refractivity contribution in [3.05, 3.63) is 0 Å². The van der Waals surface area contributed by atoms with Crippen LogP contribution in [0.15, 0.2) is 0 Å². The average Bonchev–Trinajstić information content (AvgIpc) is 2.81. The fourth-order valence-electron chi connectivity index (χ4n) is 2.25. The Bertz CT molecular complexity index is 194. The second kappa shape index (κ2) is 4.15. The molecule has 0 amide bonds. The summed E-state index contributed by atoms with van der Waals surface area (Å²) >= 11 is 0. The third-order valence-corrected chi connectivity index (χ3v) is 3.34. The van der Waals surface area contributed by atoms with E-state index in [-0.39, 0.29) is 0 Å². The minimum Gasteiger partial charge on any atom is -0.381 e. The highest BCUT2D eigenvalue weighted by Gasteiger charge is 2.44. The highest BCUT2D eigenvalue weighted by atomic mass is 19.1. The van der Waals surface area contributed by atoms with Crippen LogP contribution in [-0.2, 0) is 4.74 Å². The van der Waals surface area contributed by atoms with E-state index in [0.29, 0.717) is 12.0 Å². The molecule has 0 aromatic rings. The van der Waals surface area contributed by atoms with Crippen molar-refractivity contribution in [3.8, 4) is 0 Å². The van der Waals surface area contributed by atoms with Gasteiger partial charge in [0.1, 0.15) is 6.17 Å². The van der Waals surface area contributed by atoms with E-state index in [0.717, 1.165) is 32.7 Å². The summed E-state index contributed by atoms with van der Waals surface area (Å²) in [5, 5.41) is 0. The van der Waals surface area contributed by atoms with Crippen LogP contribution in [0.2, 0.25) is 0 Å². The third-order valence-electron chi connectivity index (χ3n) is 3.34. The predicted octanol–water partition coefficient (Wildman–Crippen LogP) is 1.85. The molecule has 82 valence electrons. The van der Waals surface area contributed by atoms with Gasteiger partial charge in [-0.2, -0.15) is 0 Å². The van der Waals surface area contributed by atoms with Gasteiger partial charge in [0.15, 0.2) is 0 Å². The van der Waals surface area contributed by atoms with Crippen molar-refractivity contribution in [2.24, 2.45) is 5.41 Å². The molecule has 2 nitrogen and oxygen atoms in total. The molecule has 14 heavy (non-hydrogen) atoms. The quantitative estimate of drug-likeness (QED) is 0.673. The lowest BCUT2D eigenvalue weighted by molar-refractivity contribution is 0.0820. The molecular weight excluding hydrogens is 181 g/mol. The van der Waals surface area contributed by atoms with Crippen molar-refractivity contribution in [3.63, 3.8) is 0 Å². The fourth-order valence-corrected chi connectivity index (χ4v) is 2.25. The van der Waals surface area contributed by atoms with Crippen LogP contribution < -0.4 is 0 Å². The first-order valence-corrected chi connectivity index (χ1v) is 5.68. The highest BCUT2D eigenvalue weighted by molar-refractivity contribution is 4.96. The van der Waals surface area contributed by atoms with Gasteiger partial charge in [-0.3, -0.25) is 4.90 Å². The van der Waals surface area contributed by atoms with Crippen molar-refractivity contribution in [1.29, 1.82) is 0 Å². The standard InChI is InChI=1S/C11H20FNO/c1-2-14-9-11(4-5-11)8-13-6-3-10(12)7-13/h10H,2-9H2,1H3. The molecule has 0 aromatic carbocycles. The number of alkyl halides is 1. The summed E-state index contributed by atoms with van der Waals surface area (Å²) in [5.74, 6) is 0. The second-order valence-electron chi connectivity index (χ2n) is 4.76. The lowest BCUT2D eigenvalue weighted by Crippen LogP contribution is -2.31. The Kier molecular flexibility index (Phi) is 3.07. The molecular formula is C11H20FNO. The van der Waals surface area contributed by atoms with Gasteiger partial charge in [0, 0.05) is 31.7 Å². The van der Waals surface area contributed by atoms with Gasteiger partial charge in [-0.25, -0.2) is 4.39 Å². The Labute approximate surface area is 85.4 Å². The summed E-state index contributed by atoms with van der Waals surface area (Å²) in [5.41, 5.74) is 0.389. The normalized spacial score (nSPS) is 30.9. The van der Waals surface area contributed by atoms with Crippen LogP contribution in [0.4, 0.5) is 4.39 Å². The Hall–Kier alpha value is -0.150. The van der Waals surface area contributed by atoms with E-state index in [2.05, 4.69) is 4.90 Å². The molecule has 1 atom stereocenters. The smallest absolute Gasteiger partial charge is 0.114 e. The summed E-state index contributed by atoms with van der Waals surface area (Å²) < 4.78 is 18.4. The minimum atomic E-state index is -0.585. The van der Waals surface area contributed by atoms with Gasteiger partial charge in [0.25, 0.3) is 0 Å². The molecule has 0 bridgehead atoms. The molecule has 2 rings (SSSR count). The van der Waals surface area contributed by atoms with Crippen molar-refractivity contribution in [2.75, 3.05) is 32.8 Å². The van der Waals surface area contributed by atoms with Gasteiger partial charge in [-0.05, 0) is 26.2 Å². The number of hydrogen-bond donors (Lipinski definition) is 0. The van der Waals surface area contributed by atoms with E-state index in [9.17, 15) is 4.39 Å². The molecule has 1 unspecified atom stereocenters. The van der Waals surface area contributed by atoms with Gasteiger partial charge < -0.3 is 4.74 Å². The maximum Gasteiger partial charge on any atom is 0.114 e. The lowest BCUT2D eigenvalue weighted by Gasteiger charge is -2.22. The van der Waals surface area contributed by atoms with Crippen LogP contribution >= 0.6 is 0 Å². The van der Waals surface area contributed by atoms with Crippen LogP contribution in [0.3, 0.4) is 0 Å². The van der Waals surface area contributed by atoms with Crippen molar-refractivity contribution < 1.29 is 9.13 Å². The first-order chi connectivity index (χ1) is 6.74. The summed E-state index contributed by atoms with van der Waals surface area (Å²) in [7, 11) is 0. The summed E-state index contributed by atoms with van der Waals surface area (Å²) in [6, 6.07) is 0. The van der Waals surface area contributed by atoms with E-state index in [1.807, 2.05) is 6.92 Å². The molecule has 1 saturated carbocycles. The molecule has 0 N–H and O–H groups in total. The van der Waals surface area contributed by atoms with E-state index >= 15 is 0 Å². The first-order valence-electron chi connectivity index (χ1n) is 5.68. The molecule has 3 heteroatoms. The average molecular weight is 201 g/mol. The van der Waals surface area contributed by atoms with Crippen LogP contribution in [0.1, 0.15) is 26.2 Å². The van der Waals surface area contributed by atoms with Crippen LogP contribution in [0, 0.1) is 5.41 Å². The maximum absolute atomic E-state index is 12.9. The molecule has 1 aliphatic carbocycles. The largest absolute Gasteiger partial charge is 0.381 e. The molecule has 0 spiro atoms. The summed E-state index contributed by atoms with van der Waals surface area (Å²) in [6.07, 6.45) is 2.67. The number of rotatable bonds is 5. The van der Waals surface area contributed by atoms with Gasteiger partial charge in [0.05, 0.1) is 6.61 Å². The second-order valence-corrected chi connectivity index (χ2v) is 4.76. The number of ether oxygens (including phenoxy) is 1. The van der Waals surface area contributed by atoms with Crippen LogP contribution in [0.5, 0.6) is 0 Å². The number of halogens is 1. The van der Waals surface area contributed by atoms with E-state index in [1.54, 1.807) is 0 Å². The van der Waals surface area contributed by atoms with Gasteiger partial charge in [-0.15, -0.1) is 0 Å². The van der Waals surface area contributed by atoms with E-state index in [1.165, 1.54) is 12.8 Å². The minimum absolute atomic E-state index is 0.389. The zero-order chi connectivity index (χ0) is 10.0. The zero-order valence-electron chi connectivity index (χ0n) is 8.97. The molecule has 1 aliphatic heterocycles. The third kappa shape index (κ3) is 2.45. The van der Waals surface area contributed by atoms with Gasteiger partial charge >= 0.3 is 0 Å². The monoisotopic (exact) mass is 201 g/mol. The van der Waals surface area contributed by atoms with Crippen LogP contribution in [-0.4, -0.2) is 43.9 Å². The topological polar surface area (TPSA) is 12.5 Å². The van der Waals surface area contributed by atoms with Crippen molar-refractivity contribution >= 4 is 0 Å². The first kappa shape index (κ1) is 10.4. The molecule has 1 saturated heterocycles. The molecule has 0 aromatic heterocycles. The number of nitrogens with zero attached hydrogens (tertiary/aromatic N) is 1. The summed E-state index contributed by atoms with van der Waals surface area (Å²) in [6.45, 7) is 6.34. The maximum atomic E-state index is 12.9. The highest BCUT2D eigenvalue weighted by Crippen LogP contribution is 2.46. The van der Waals surface area contributed by atoms with Gasteiger partial charge in [0.2, 0.25) is 0 Å². The van der Waals surface area contributed by atoms with Crippen LogP contribution in [0.25, 0.3) is 0 Å². The Balaban J connectivity index is 1.73. The predicted molar refractivity (Wildman–Crippen MR) is 54.1 cm³/mol. The summed E-state index contributed by atoms with van der Waals surface area (Å²) in [4.78, 5) is 2.26. The van der Waals surface area contributed by atoms with Crippen molar-refractivity contribution in [2.45, 2.75) is 32.4 Å².